The van der Waals surface area contributed by atoms with E-state index in [0.717, 1.165) is 0 Å². The Bertz CT molecular complexity index is 840. The molecule has 0 aliphatic carbocycles. The summed E-state index contributed by atoms with van der Waals surface area (Å²) in [5, 5.41) is 9.91. The zero-order chi connectivity index (χ0) is 18.4. The van der Waals surface area contributed by atoms with Crippen LogP contribution in [0.5, 0.6) is 23.0 Å². The van der Waals surface area contributed by atoms with Crippen molar-refractivity contribution in [1.29, 1.82) is 5.26 Å². The maximum atomic E-state index is 9.61. The number of rotatable bonds is 6. The highest BCUT2D eigenvalue weighted by Crippen LogP contribution is 2.37. The van der Waals surface area contributed by atoms with Gasteiger partial charge in [-0.1, -0.05) is 11.6 Å². The van der Waals surface area contributed by atoms with Crippen molar-refractivity contribution < 1.29 is 18.9 Å². The summed E-state index contributed by atoms with van der Waals surface area (Å²) in [7, 11) is 6.18. The lowest BCUT2D eigenvalue weighted by Gasteiger charge is -2.12. The van der Waals surface area contributed by atoms with Gasteiger partial charge in [0.2, 0.25) is 0 Å². The molecular formula is C19H18ClNO4. The highest BCUT2D eigenvalue weighted by molar-refractivity contribution is 6.53. The Morgan fingerprint density at radius 3 is 1.64 bits per heavy atom. The first-order valence-electron chi connectivity index (χ1n) is 7.34. The number of nitriles is 1. The molecule has 0 spiro atoms. The molecule has 0 N–H and O–H groups in total. The van der Waals surface area contributed by atoms with E-state index in [1.807, 2.05) is 0 Å². The smallest absolute Gasteiger partial charge is 0.161 e. The van der Waals surface area contributed by atoms with Gasteiger partial charge in [0.25, 0.3) is 0 Å². The van der Waals surface area contributed by atoms with Gasteiger partial charge in [-0.2, -0.15) is 5.26 Å². The minimum atomic E-state index is 0.302. The first kappa shape index (κ1) is 18.5. The van der Waals surface area contributed by atoms with Gasteiger partial charge < -0.3 is 18.9 Å². The predicted molar refractivity (Wildman–Crippen MR) is 97.4 cm³/mol. The summed E-state index contributed by atoms with van der Waals surface area (Å²) in [5.41, 5.74) is 1.58. The molecule has 6 heteroatoms. The number of benzene rings is 2. The van der Waals surface area contributed by atoms with Gasteiger partial charge >= 0.3 is 0 Å². The molecule has 0 bridgehead atoms. The number of allylic oxidation sites excluding steroid dienone is 1. The van der Waals surface area contributed by atoms with E-state index in [1.165, 1.54) is 7.11 Å². The molecule has 0 saturated carbocycles. The molecule has 0 saturated heterocycles. The van der Waals surface area contributed by atoms with Crippen LogP contribution < -0.4 is 18.9 Å². The number of ether oxygens (including phenoxy) is 4. The van der Waals surface area contributed by atoms with E-state index in [4.69, 9.17) is 30.5 Å². The lowest BCUT2D eigenvalue weighted by molar-refractivity contribution is 0.355. The van der Waals surface area contributed by atoms with Gasteiger partial charge in [-0.05, 0) is 47.5 Å². The first-order chi connectivity index (χ1) is 12.1. The third-order valence-corrected chi connectivity index (χ3v) is 4.05. The van der Waals surface area contributed by atoms with E-state index in [9.17, 15) is 5.26 Å². The highest BCUT2D eigenvalue weighted by atomic mass is 35.5. The van der Waals surface area contributed by atoms with E-state index >= 15 is 0 Å². The molecule has 0 atom stereocenters. The summed E-state index contributed by atoms with van der Waals surface area (Å²) in [6.07, 6.45) is 0. The van der Waals surface area contributed by atoms with Gasteiger partial charge in [-0.15, -0.1) is 0 Å². The number of nitrogens with zero attached hydrogens (tertiary/aromatic N) is 1. The van der Waals surface area contributed by atoms with Crippen LogP contribution in [0.4, 0.5) is 0 Å². The minimum absolute atomic E-state index is 0.302. The molecule has 0 amide bonds. The maximum Gasteiger partial charge on any atom is 0.161 e. The van der Waals surface area contributed by atoms with Crippen LogP contribution in [0.2, 0.25) is 0 Å². The lowest BCUT2D eigenvalue weighted by atomic mass is 10.0. The zero-order valence-electron chi connectivity index (χ0n) is 14.4. The van der Waals surface area contributed by atoms with Crippen molar-refractivity contribution in [3.05, 3.63) is 47.5 Å². The van der Waals surface area contributed by atoms with Gasteiger partial charge in [0.05, 0.1) is 39.0 Å². The van der Waals surface area contributed by atoms with Gasteiger partial charge in [0.1, 0.15) is 6.07 Å². The topological polar surface area (TPSA) is 60.7 Å². The summed E-state index contributed by atoms with van der Waals surface area (Å²) < 4.78 is 21.0. The van der Waals surface area contributed by atoms with Crippen LogP contribution in [0.15, 0.2) is 36.4 Å². The molecular weight excluding hydrogens is 342 g/mol. The standard InChI is InChI=1S/C19H18ClNO4/c1-22-15-7-5-12(9-17(15)24-3)14(11-21)19(20)13-6-8-16(23-2)18(10-13)25-4/h5-10H,1-4H3/b19-14-. The summed E-state index contributed by atoms with van der Waals surface area (Å²) >= 11 is 6.49. The quantitative estimate of drug-likeness (QED) is 0.566. The normalized spacial score (nSPS) is 11.2. The molecule has 2 aromatic rings. The Morgan fingerprint density at radius 2 is 1.20 bits per heavy atom. The Hall–Kier alpha value is -2.84. The molecule has 5 nitrogen and oxygen atoms in total. The SMILES string of the molecule is COc1ccc(/C(Cl)=C(\C#N)c2ccc(OC)c(OC)c2)cc1OC. The monoisotopic (exact) mass is 359 g/mol. The Morgan fingerprint density at radius 1 is 0.760 bits per heavy atom. The average Bonchev–Trinajstić information content (AvgIpc) is 2.67. The molecule has 0 aliphatic heterocycles. The number of hydrogen-bond acceptors (Lipinski definition) is 5. The molecule has 0 heterocycles. The number of halogens is 1. The molecule has 0 radical (unpaired) electrons. The minimum Gasteiger partial charge on any atom is -0.493 e. The van der Waals surface area contributed by atoms with E-state index in [-0.39, 0.29) is 0 Å². The van der Waals surface area contributed by atoms with Crippen LogP contribution in [-0.2, 0) is 0 Å². The fourth-order valence-electron chi connectivity index (χ4n) is 2.35. The van der Waals surface area contributed by atoms with Crippen molar-refractivity contribution in [3.63, 3.8) is 0 Å². The van der Waals surface area contributed by atoms with E-state index in [0.29, 0.717) is 44.7 Å². The van der Waals surface area contributed by atoms with Gasteiger partial charge in [-0.25, -0.2) is 0 Å². The van der Waals surface area contributed by atoms with Crippen LogP contribution in [0, 0.1) is 11.3 Å². The van der Waals surface area contributed by atoms with Crippen LogP contribution in [0.1, 0.15) is 11.1 Å². The largest absolute Gasteiger partial charge is 0.493 e. The fraction of sp³-hybridized carbons (Fsp3) is 0.211. The fourth-order valence-corrected chi connectivity index (χ4v) is 2.62. The van der Waals surface area contributed by atoms with Crippen molar-refractivity contribution in [2.24, 2.45) is 0 Å². The number of hydrogen-bond donors (Lipinski definition) is 0. The molecule has 2 aromatic carbocycles. The zero-order valence-corrected chi connectivity index (χ0v) is 15.2. The average molecular weight is 360 g/mol. The Balaban J connectivity index is 2.57. The van der Waals surface area contributed by atoms with Crippen LogP contribution >= 0.6 is 11.6 Å². The summed E-state index contributed by atoms with van der Waals surface area (Å²) in [4.78, 5) is 0. The molecule has 0 unspecified atom stereocenters. The molecule has 0 fully saturated rings. The predicted octanol–water partition coefficient (Wildman–Crippen LogP) is 4.35. The van der Waals surface area contributed by atoms with Crippen molar-refractivity contribution in [1.82, 2.24) is 0 Å². The van der Waals surface area contributed by atoms with Crippen molar-refractivity contribution in [3.8, 4) is 29.1 Å². The lowest BCUT2D eigenvalue weighted by Crippen LogP contribution is -1.94. The third-order valence-electron chi connectivity index (χ3n) is 3.64. The second kappa shape index (κ2) is 8.32. The molecule has 0 aliphatic rings. The van der Waals surface area contributed by atoms with Crippen LogP contribution in [-0.4, -0.2) is 28.4 Å². The van der Waals surface area contributed by atoms with Crippen molar-refractivity contribution in [2.75, 3.05) is 28.4 Å². The van der Waals surface area contributed by atoms with E-state index in [2.05, 4.69) is 6.07 Å². The van der Waals surface area contributed by atoms with Crippen molar-refractivity contribution in [2.45, 2.75) is 0 Å². The van der Waals surface area contributed by atoms with Crippen LogP contribution in [0.3, 0.4) is 0 Å². The maximum absolute atomic E-state index is 9.61. The molecule has 0 aromatic heterocycles. The molecule has 130 valence electrons. The van der Waals surface area contributed by atoms with Crippen LogP contribution in [0.25, 0.3) is 10.6 Å². The molecule has 25 heavy (non-hydrogen) atoms. The first-order valence-corrected chi connectivity index (χ1v) is 7.72. The summed E-state index contributed by atoms with van der Waals surface area (Å²) in [6, 6.07) is 12.6. The molecule has 2 rings (SSSR count). The highest BCUT2D eigenvalue weighted by Gasteiger charge is 2.14. The summed E-state index contributed by atoms with van der Waals surface area (Å²) in [6.45, 7) is 0. The second-order valence-electron chi connectivity index (χ2n) is 4.94. The van der Waals surface area contributed by atoms with Gasteiger partial charge in [-0.3, -0.25) is 0 Å². The van der Waals surface area contributed by atoms with Gasteiger partial charge in [0.15, 0.2) is 23.0 Å². The van der Waals surface area contributed by atoms with Crippen molar-refractivity contribution >= 4 is 22.2 Å². The van der Waals surface area contributed by atoms with E-state index in [1.54, 1.807) is 57.7 Å². The Labute approximate surface area is 152 Å². The number of methoxy groups -OCH3 is 4. The summed E-state index contributed by atoms with van der Waals surface area (Å²) in [5.74, 6) is 2.21. The van der Waals surface area contributed by atoms with Gasteiger partial charge in [0, 0.05) is 0 Å². The van der Waals surface area contributed by atoms with E-state index < -0.39 is 0 Å². The second-order valence-corrected chi connectivity index (χ2v) is 5.32. The Kier molecular flexibility index (Phi) is 6.15. The third kappa shape index (κ3) is 3.81.